The molecule has 0 bridgehead atoms. The molecule has 0 unspecified atom stereocenters. The molecular formula is C13H13F2N3OS. The molecule has 1 heterocycles. The van der Waals surface area contributed by atoms with E-state index in [9.17, 15) is 13.6 Å². The van der Waals surface area contributed by atoms with Gasteiger partial charge in [-0.25, -0.2) is 8.78 Å². The zero-order valence-electron chi connectivity index (χ0n) is 11.0. The van der Waals surface area contributed by atoms with Crippen molar-refractivity contribution in [3.8, 4) is 0 Å². The van der Waals surface area contributed by atoms with E-state index in [1.807, 2.05) is 0 Å². The molecule has 0 radical (unpaired) electrons. The van der Waals surface area contributed by atoms with Gasteiger partial charge in [0, 0.05) is 11.0 Å². The van der Waals surface area contributed by atoms with E-state index < -0.39 is 11.6 Å². The van der Waals surface area contributed by atoms with Crippen molar-refractivity contribution >= 4 is 23.4 Å². The van der Waals surface area contributed by atoms with Gasteiger partial charge in [-0.2, -0.15) is 5.10 Å². The van der Waals surface area contributed by atoms with Gasteiger partial charge in [-0.3, -0.25) is 9.89 Å². The summed E-state index contributed by atoms with van der Waals surface area (Å²) in [5.41, 5.74) is 2.08. The Kier molecular flexibility index (Phi) is 4.39. The molecule has 1 aromatic carbocycles. The van der Waals surface area contributed by atoms with Gasteiger partial charge in [-0.1, -0.05) is 0 Å². The number of H-pyrrole nitrogens is 1. The van der Waals surface area contributed by atoms with Crippen LogP contribution in [-0.2, 0) is 4.79 Å². The summed E-state index contributed by atoms with van der Waals surface area (Å²) >= 11 is 1.01. The number of nitrogens with zero attached hydrogens (tertiary/aromatic N) is 1. The number of benzene rings is 1. The predicted octanol–water partition coefficient (Wildman–Crippen LogP) is 3.04. The number of carbonyl (C=O) groups is 1. The summed E-state index contributed by atoms with van der Waals surface area (Å²) in [5, 5.41) is 9.43. The van der Waals surface area contributed by atoms with Gasteiger partial charge >= 0.3 is 0 Å². The molecule has 2 aromatic rings. The van der Waals surface area contributed by atoms with Crippen LogP contribution >= 0.6 is 11.8 Å². The van der Waals surface area contributed by atoms with Gasteiger partial charge < -0.3 is 5.32 Å². The largest absolute Gasteiger partial charge is 0.322 e. The molecule has 0 saturated carbocycles. The Balaban J connectivity index is 1.96. The molecule has 2 N–H and O–H groups in total. The van der Waals surface area contributed by atoms with Crippen molar-refractivity contribution in [2.24, 2.45) is 0 Å². The molecule has 7 heteroatoms. The molecule has 20 heavy (non-hydrogen) atoms. The maximum Gasteiger partial charge on any atom is 0.234 e. The number of aromatic amines is 1. The number of rotatable bonds is 4. The van der Waals surface area contributed by atoms with E-state index in [-0.39, 0.29) is 16.6 Å². The lowest BCUT2D eigenvalue weighted by Crippen LogP contribution is -2.15. The van der Waals surface area contributed by atoms with Crippen LogP contribution in [-0.4, -0.2) is 21.9 Å². The van der Waals surface area contributed by atoms with Gasteiger partial charge in [0.25, 0.3) is 0 Å². The predicted molar refractivity (Wildman–Crippen MR) is 73.8 cm³/mol. The highest BCUT2D eigenvalue weighted by Crippen LogP contribution is 2.23. The number of halogens is 2. The standard InChI is InChI=1S/C13H13F2N3OS/c1-7-13(8(2)18-17-7)16-12(19)6-20-11-4-3-9(14)5-10(11)15/h3-5H,6H2,1-2H3,(H,16,19)(H,17,18). The summed E-state index contributed by atoms with van der Waals surface area (Å²) in [5.74, 6) is -1.54. The quantitative estimate of drug-likeness (QED) is 0.853. The normalized spacial score (nSPS) is 10.6. The number of carbonyl (C=O) groups excluding carboxylic acids is 1. The monoisotopic (exact) mass is 297 g/mol. The first-order valence-electron chi connectivity index (χ1n) is 5.86. The van der Waals surface area contributed by atoms with E-state index in [0.29, 0.717) is 11.4 Å². The van der Waals surface area contributed by atoms with E-state index in [1.165, 1.54) is 6.07 Å². The lowest BCUT2D eigenvalue weighted by molar-refractivity contribution is -0.113. The van der Waals surface area contributed by atoms with Crippen LogP contribution in [0.4, 0.5) is 14.5 Å². The number of thioether (sulfide) groups is 1. The Morgan fingerprint density at radius 1 is 1.40 bits per heavy atom. The van der Waals surface area contributed by atoms with Crippen molar-refractivity contribution in [3.05, 3.63) is 41.2 Å². The molecule has 0 atom stereocenters. The first-order chi connectivity index (χ1) is 9.47. The molecule has 0 aliphatic heterocycles. The average molecular weight is 297 g/mol. The molecule has 0 aliphatic rings. The summed E-state index contributed by atoms with van der Waals surface area (Å²) in [7, 11) is 0. The maximum absolute atomic E-state index is 13.4. The minimum Gasteiger partial charge on any atom is -0.322 e. The van der Waals surface area contributed by atoms with Crippen molar-refractivity contribution in [2.45, 2.75) is 18.7 Å². The second-order valence-corrected chi connectivity index (χ2v) is 5.24. The topological polar surface area (TPSA) is 57.8 Å². The minimum absolute atomic E-state index is 0.0343. The molecule has 0 spiro atoms. The molecule has 4 nitrogen and oxygen atoms in total. The summed E-state index contributed by atoms with van der Waals surface area (Å²) in [6.07, 6.45) is 0. The number of aromatic nitrogens is 2. The first kappa shape index (κ1) is 14.5. The van der Waals surface area contributed by atoms with Gasteiger partial charge in [-0.05, 0) is 26.0 Å². The molecular weight excluding hydrogens is 284 g/mol. The molecule has 1 amide bonds. The Morgan fingerprint density at radius 2 is 2.15 bits per heavy atom. The number of hydrogen-bond acceptors (Lipinski definition) is 3. The van der Waals surface area contributed by atoms with Crippen LogP contribution in [0.3, 0.4) is 0 Å². The Labute approximate surface area is 119 Å². The number of hydrogen-bond donors (Lipinski definition) is 2. The van der Waals surface area contributed by atoms with Gasteiger partial charge in [0.2, 0.25) is 5.91 Å². The second-order valence-electron chi connectivity index (χ2n) is 4.22. The third-order valence-electron chi connectivity index (χ3n) is 2.65. The molecule has 0 aliphatic carbocycles. The Bertz CT molecular complexity index is 623. The highest BCUT2D eigenvalue weighted by Gasteiger charge is 2.12. The fraction of sp³-hybridized carbons (Fsp3) is 0.231. The van der Waals surface area contributed by atoms with Crippen LogP contribution in [0.1, 0.15) is 11.4 Å². The summed E-state index contributed by atoms with van der Waals surface area (Å²) in [6, 6.07) is 3.27. The third-order valence-corrected chi connectivity index (χ3v) is 3.69. The van der Waals surface area contributed by atoms with Crippen LogP contribution in [0.5, 0.6) is 0 Å². The third kappa shape index (κ3) is 3.36. The van der Waals surface area contributed by atoms with E-state index >= 15 is 0 Å². The minimum atomic E-state index is -0.668. The van der Waals surface area contributed by atoms with Crippen LogP contribution in [0.25, 0.3) is 0 Å². The number of amides is 1. The van der Waals surface area contributed by atoms with Crippen LogP contribution in [0.15, 0.2) is 23.1 Å². The number of nitrogens with one attached hydrogen (secondary N) is 2. The Morgan fingerprint density at radius 3 is 2.75 bits per heavy atom. The van der Waals surface area contributed by atoms with Crippen molar-refractivity contribution in [2.75, 3.05) is 11.1 Å². The molecule has 0 fully saturated rings. The highest BCUT2D eigenvalue weighted by atomic mass is 32.2. The number of aryl methyl sites for hydroxylation is 2. The summed E-state index contributed by atoms with van der Waals surface area (Å²) in [6.45, 7) is 3.56. The summed E-state index contributed by atoms with van der Waals surface area (Å²) < 4.78 is 26.1. The van der Waals surface area contributed by atoms with Gasteiger partial charge in [0.05, 0.1) is 22.8 Å². The van der Waals surface area contributed by atoms with E-state index in [4.69, 9.17) is 0 Å². The van der Waals surface area contributed by atoms with Crippen molar-refractivity contribution in [3.63, 3.8) is 0 Å². The SMILES string of the molecule is Cc1n[nH]c(C)c1NC(=O)CSc1ccc(F)cc1F. The van der Waals surface area contributed by atoms with Crippen LogP contribution < -0.4 is 5.32 Å². The molecule has 0 saturated heterocycles. The lowest BCUT2D eigenvalue weighted by atomic mass is 10.3. The van der Waals surface area contributed by atoms with E-state index in [0.717, 1.165) is 29.6 Å². The maximum atomic E-state index is 13.4. The van der Waals surface area contributed by atoms with Gasteiger partial charge in [-0.15, -0.1) is 11.8 Å². The van der Waals surface area contributed by atoms with Crippen LogP contribution in [0.2, 0.25) is 0 Å². The van der Waals surface area contributed by atoms with Crippen molar-refractivity contribution in [1.29, 1.82) is 0 Å². The highest BCUT2D eigenvalue weighted by molar-refractivity contribution is 8.00. The van der Waals surface area contributed by atoms with E-state index in [2.05, 4.69) is 15.5 Å². The summed E-state index contributed by atoms with van der Waals surface area (Å²) in [4.78, 5) is 12.0. The fourth-order valence-electron chi connectivity index (χ4n) is 1.65. The fourth-order valence-corrected chi connectivity index (χ4v) is 2.37. The zero-order valence-corrected chi connectivity index (χ0v) is 11.8. The zero-order chi connectivity index (χ0) is 14.7. The number of anilines is 1. The Hall–Kier alpha value is -1.89. The molecule has 106 valence electrons. The molecule has 1 aromatic heterocycles. The van der Waals surface area contributed by atoms with E-state index in [1.54, 1.807) is 13.8 Å². The van der Waals surface area contributed by atoms with Gasteiger partial charge in [0.15, 0.2) is 0 Å². The average Bonchev–Trinajstić information content (AvgIpc) is 2.69. The van der Waals surface area contributed by atoms with Crippen molar-refractivity contribution < 1.29 is 13.6 Å². The van der Waals surface area contributed by atoms with Gasteiger partial charge in [0.1, 0.15) is 11.6 Å². The smallest absolute Gasteiger partial charge is 0.234 e. The molecule has 2 rings (SSSR count). The first-order valence-corrected chi connectivity index (χ1v) is 6.85. The second kappa shape index (κ2) is 6.04. The van der Waals surface area contributed by atoms with Crippen LogP contribution in [0, 0.1) is 25.5 Å². The van der Waals surface area contributed by atoms with Crippen molar-refractivity contribution in [1.82, 2.24) is 10.2 Å². The lowest BCUT2D eigenvalue weighted by Gasteiger charge is -2.06.